The van der Waals surface area contributed by atoms with E-state index in [0.29, 0.717) is 33.8 Å². The molecule has 0 N–H and O–H groups in total. The summed E-state index contributed by atoms with van der Waals surface area (Å²) in [5.41, 5.74) is 8.46. The fourth-order valence-corrected chi connectivity index (χ4v) is 6.58. The van der Waals surface area contributed by atoms with Gasteiger partial charge in [-0.15, -0.1) is 0 Å². The van der Waals surface area contributed by atoms with Gasteiger partial charge in [0.2, 0.25) is 0 Å². The van der Waals surface area contributed by atoms with Gasteiger partial charge in [0.05, 0.1) is 22.3 Å². The fraction of sp³-hybridized carbons (Fsp3) is 0.191. The van der Waals surface area contributed by atoms with E-state index in [0.717, 1.165) is 47.9 Å². The van der Waals surface area contributed by atoms with Crippen LogP contribution in [0.4, 0.5) is 0 Å². The van der Waals surface area contributed by atoms with E-state index in [1.165, 1.54) is 11.1 Å². The number of ether oxygens (including phenoxy) is 4. The summed E-state index contributed by atoms with van der Waals surface area (Å²) in [4.78, 5) is 27.3. The quantitative estimate of drug-likeness (QED) is 0.105. The average Bonchev–Trinajstić information content (AvgIpc) is 3.18. The maximum atomic E-state index is 13.6. The molecule has 6 aromatic carbocycles. The van der Waals surface area contributed by atoms with E-state index in [1.807, 2.05) is 37.3 Å². The minimum Gasteiger partial charge on any atom is -0.489 e. The summed E-state index contributed by atoms with van der Waals surface area (Å²) in [6.45, 7) is 6.51. The third kappa shape index (κ3) is 8.02. The Kier molecular flexibility index (Phi) is 10.7. The van der Waals surface area contributed by atoms with Gasteiger partial charge in [-0.3, -0.25) is 0 Å². The van der Waals surface area contributed by atoms with Crippen molar-refractivity contribution in [3.05, 3.63) is 156 Å². The van der Waals surface area contributed by atoms with Crippen molar-refractivity contribution < 1.29 is 28.5 Å². The number of hydrogen-bond donors (Lipinski definition) is 0. The molecular formula is C47H42O6. The first kappa shape index (κ1) is 35.3. The lowest BCUT2D eigenvalue weighted by molar-refractivity contribution is 0.0720. The third-order valence-electron chi connectivity index (χ3n) is 9.33. The van der Waals surface area contributed by atoms with Gasteiger partial charge in [-0.2, -0.15) is 0 Å². The minimum atomic E-state index is -0.532. The van der Waals surface area contributed by atoms with Crippen LogP contribution in [0.1, 0.15) is 65.5 Å². The van der Waals surface area contributed by atoms with E-state index in [1.54, 1.807) is 54.6 Å². The molecule has 1 aliphatic rings. The predicted molar refractivity (Wildman–Crippen MR) is 209 cm³/mol. The number of fused-ring (bicyclic) bond motifs is 3. The average molecular weight is 703 g/mol. The van der Waals surface area contributed by atoms with Gasteiger partial charge in [0.25, 0.3) is 0 Å². The van der Waals surface area contributed by atoms with Crippen molar-refractivity contribution >= 4 is 11.9 Å². The third-order valence-corrected chi connectivity index (χ3v) is 9.33. The number of hydrogen-bond acceptors (Lipinski definition) is 6. The van der Waals surface area contributed by atoms with Crippen LogP contribution in [0.2, 0.25) is 0 Å². The molecule has 0 saturated carbocycles. The van der Waals surface area contributed by atoms with Crippen molar-refractivity contribution in [2.24, 2.45) is 0 Å². The van der Waals surface area contributed by atoms with Crippen molar-refractivity contribution in [1.29, 1.82) is 0 Å². The Labute approximate surface area is 311 Å². The lowest BCUT2D eigenvalue weighted by Gasteiger charge is -2.26. The van der Waals surface area contributed by atoms with Crippen LogP contribution in [0, 0.1) is 0 Å². The highest BCUT2D eigenvalue weighted by Gasteiger charge is 2.28. The van der Waals surface area contributed by atoms with Gasteiger partial charge in [0, 0.05) is 0 Å². The molecule has 266 valence electrons. The number of carbonyl (C=O) groups excluding carboxylic acids is 2. The zero-order chi connectivity index (χ0) is 36.7. The second-order valence-corrected chi connectivity index (χ2v) is 13.3. The normalized spacial score (nSPS) is 13.3. The Balaban J connectivity index is 1.16. The molecule has 0 radical (unpaired) electrons. The maximum Gasteiger partial charge on any atom is 0.343 e. The number of carbonyl (C=O) groups is 2. The first-order valence-electron chi connectivity index (χ1n) is 18.3. The van der Waals surface area contributed by atoms with Crippen molar-refractivity contribution in [3.8, 4) is 56.4 Å². The number of rotatable bonds is 10. The molecule has 0 spiro atoms. The molecule has 6 heteroatoms. The number of aryl methyl sites for hydroxylation is 2. The molecule has 6 nitrogen and oxygen atoms in total. The lowest BCUT2D eigenvalue weighted by atomic mass is 9.99. The Morgan fingerprint density at radius 3 is 1.38 bits per heavy atom. The lowest BCUT2D eigenvalue weighted by Crippen LogP contribution is -2.23. The largest absolute Gasteiger partial charge is 0.489 e. The van der Waals surface area contributed by atoms with E-state index in [2.05, 4.69) is 62.4 Å². The molecule has 0 aliphatic carbocycles. The van der Waals surface area contributed by atoms with Crippen LogP contribution >= 0.6 is 0 Å². The van der Waals surface area contributed by atoms with Gasteiger partial charge in [-0.25, -0.2) is 9.59 Å². The molecule has 0 unspecified atom stereocenters. The van der Waals surface area contributed by atoms with Crippen molar-refractivity contribution in [3.63, 3.8) is 0 Å². The van der Waals surface area contributed by atoms with Crippen LogP contribution in [0.3, 0.4) is 0 Å². The van der Waals surface area contributed by atoms with Gasteiger partial charge < -0.3 is 18.9 Å². The van der Waals surface area contributed by atoms with Crippen LogP contribution < -0.4 is 18.9 Å². The summed E-state index contributed by atoms with van der Waals surface area (Å²) in [6.07, 6.45) is 3.98. The van der Waals surface area contributed by atoms with E-state index >= 15 is 0 Å². The van der Waals surface area contributed by atoms with Crippen LogP contribution in [0.5, 0.6) is 23.0 Å². The standard InChI is InChI=1S/C47H42O6/c1-4-8-32-14-18-34(19-15-32)36-22-26-38(27-23-36)46(48)52-42-12-6-10-40-44(42)45-41(51-31(3)30-50-40)11-7-13-43(45)53-47(49)39-28-24-37(25-29-39)35-20-16-33(9-5-2)17-21-35/h6-7,10-29,31H,4-5,8-9,30H2,1-3H3/t31-/m1/s1. The van der Waals surface area contributed by atoms with Gasteiger partial charge >= 0.3 is 11.9 Å². The first-order valence-corrected chi connectivity index (χ1v) is 18.3. The smallest absolute Gasteiger partial charge is 0.343 e. The van der Waals surface area contributed by atoms with E-state index < -0.39 is 11.9 Å². The van der Waals surface area contributed by atoms with Crippen molar-refractivity contribution in [2.75, 3.05) is 6.61 Å². The highest BCUT2D eigenvalue weighted by Crippen LogP contribution is 2.49. The molecule has 7 rings (SSSR count). The van der Waals surface area contributed by atoms with E-state index in [9.17, 15) is 9.59 Å². The second kappa shape index (κ2) is 16.0. The molecule has 0 fully saturated rings. The molecule has 0 aromatic heterocycles. The van der Waals surface area contributed by atoms with E-state index in [4.69, 9.17) is 18.9 Å². The van der Waals surface area contributed by atoms with E-state index in [-0.39, 0.29) is 24.2 Å². The summed E-state index contributed by atoms with van der Waals surface area (Å²) in [7, 11) is 0. The predicted octanol–water partition coefficient (Wildman–Crippen LogP) is 11.2. The summed E-state index contributed by atoms with van der Waals surface area (Å²) in [6, 6.07) is 42.3. The molecule has 1 aliphatic heterocycles. The Morgan fingerprint density at radius 2 is 0.943 bits per heavy atom. The van der Waals surface area contributed by atoms with Gasteiger partial charge in [-0.1, -0.05) is 112 Å². The summed E-state index contributed by atoms with van der Waals surface area (Å²) in [5, 5.41) is 0. The molecule has 1 heterocycles. The van der Waals surface area contributed by atoms with Crippen molar-refractivity contribution in [1.82, 2.24) is 0 Å². The first-order chi connectivity index (χ1) is 25.9. The second-order valence-electron chi connectivity index (χ2n) is 13.3. The SMILES string of the molecule is CCCc1ccc(-c2ccc(C(=O)Oc3cccc4c3-c3c(OC(=O)c5ccc(-c6ccc(CCC)cc6)cc5)cccc3O[C@H](C)CO4)cc2)cc1. The Hall–Kier alpha value is -6.14. The van der Waals surface area contributed by atoms with Crippen LogP contribution in [0.25, 0.3) is 33.4 Å². The Bertz CT molecular complexity index is 2200. The fourth-order valence-electron chi connectivity index (χ4n) is 6.58. The van der Waals surface area contributed by atoms with Crippen LogP contribution in [-0.2, 0) is 12.8 Å². The summed E-state index contributed by atoms with van der Waals surface area (Å²) in [5.74, 6) is 0.393. The highest BCUT2D eigenvalue weighted by molar-refractivity contribution is 5.96. The molecular weight excluding hydrogens is 661 g/mol. The summed E-state index contributed by atoms with van der Waals surface area (Å²) >= 11 is 0. The molecule has 6 aromatic rings. The molecule has 53 heavy (non-hydrogen) atoms. The summed E-state index contributed by atoms with van der Waals surface area (Å²) < 4.78 is 24.6. The van der Waals surface area contributed by atoms with Crippen molar-refractivity contribution in [2.45, 2.75) is 52.6 Å². The molecule has 0 saturated heterocycles. The highest BCUT2D eigenvalue weighted by atomic mass is 16.6. The monoisotopic (exact) mass is 702 g/mol. The van der Waals surface area contributed by atoms with Gasteiger partial charge in [0.1, 0.15) is 35.7 Å². The maximum absolute atomic E-state index is 13.6. The van der Waals surface area contributed by atoms with Crippen LogP contribution in [-0.4, -0.2) is 24.6 Å². The molecule has 1 atom stereocenters. The Morgan fingerprint density at radius 1 is 0.547 bits per heavy atom. The zero-order valence-corrected chi connectivity index (χ0v) is 30.3. The zero-order valence-electron chi connectivity index (χ0n) is 30.3. The van der Waals surface area contributed by atoms with Gasteiger partial charge in [0.15, 0.2) is 0 Å². The molecule has 0 amide bonds. The molecule has 0 bridgehead atoms. The number of esters is 2. The van der Waals surface area contributed by atoms with Crippen LogP contribution in [0.15, 0.2) is 133 Å². The number of benzene rings is 6. The topological polar surface area (TPSA) is 71.1 Å². The minimum absolute atomic E-state index is 0.250. The van der Waals surface area contributed by atoms with Gasteiger partial charge in [-0.05, 0) is 102 Å².